The molecule has 0 saturated heterocycles. The predicted molar refractivity (Wildman–Crippen MR) is 127 cm³/mol. The van der Waals surface area contributed by atoms with Crippen LogP contribution < -0.4 is 10.6 Å². The van der Waals surface area contributed by atoms with Gasteiger partial charge in [-0.15, -0.1) is 0 Å². The smallest absolute Gasteiger partial charge is 0.407 e. The number of ether oxygens (including phenoxy) is 2. The number of hydrogen-bond acceptors (Lipinski definition) is 5. The van der Waals surface area contributed by atoms with E-state index in [-0.39, 0.29) is 24.9 Å². The van der Waals surface area contributed by atoms with E-state index in [1.165, 1.54) is 7.11 Å². The van der Waals surface area contributed by atoms with Gasteiger partial charge in [-0.1, -0.05) is 62.4 Å². The predicted octanol–water partition coefficient (Wildman–Crippen LogP) is 3.54. The van der Waals surface area contributed by atoms with Crippen molar-refractivity contribution >= 4 is 18.0 Å². The third-order valence-electron chi connectivity index (χ3n) is 6.06. The van der Waals surface area contributed by atoms with Crippen LogP contribution in [0.4, 0.5) is 4.79 Å². The summed E-state index contributed by atoms with van der Waals surface area (Å²) in [7, 11) is 1.41. The van der Waals surface area contributed by atoms with Gasteiger partial charge < -0.3 is 25.2 Å². The molecule has 3 atom stereocenters. The molecule has 2 aromatic carbocycles. The van der Waals surface area contributed by atoms with Gasteiger partial charge in [-0.2, -0.15) is 0 Å². The van der Waals surface area contributed by atoms with E-state index in [1.807, 2.05) is 62.4 Å². The lowest BCUT2D eigenvalue weighted by Gasteiger charge is -2.25. The van der Waals surface area contributed by atoms with Crippen LogP contribution in [0.1, 0.15) is 44.2 Å². The van der Waals surface area contributed by atoms with Crippen LogP contribution in [0.15, 0.2) is 48.5 Å². The van der Waals surface area contributed by atoms with Gasteiger partial charge in [-0.05, 0) is 41.5 Å². The quantitative estimate of drug-likeness (QED) is 0.491. The molecule has 8 heteroatoms. The topological polar surface area (TPSA) is 114 Å². The molecule has 8 nitrogen and oxygen atoms in total. The highest BCUT2D eigenvalue weighted by Gasteiger charge is 2.33. The highest BCUT2D eigenvalue weighted by atomic mass is 16.5. The van der Waals surface area contributed by atoms with E-state index in [0.717, 1.165) is 22.3 Å². The number of nitrogens with one attached hydrogen (secondary N) is 2. The maximum Gasteiger partial charge on any atom is 0.407 e. The molecule has 1 aliphatic carbocycles. The van der Waals surface area contributed by atoms with Crippen molar-refractivity contribution in [3.8, 4) is 11.1 Å². The molecule has 2 aromatic rings. The normalized spacial score (nSPS) is 15.1. The molecule has 0 aliphatic heterocycles. The van der Waals surface area contributed by atoms with Crippen molar-refractivity contribution < 1.29 is 29.0 Å². The number of hydrogen-bond donors (Lipinski definition) is 3. The van der Waals surface area contributed by atoms with E-state index < -0.39 is 36.2 Å². The minimum Gasteiger partial charge on any atom is -0.480 e. The first-order chi connectivity index (χ1) is 16.2. The number of carboxylic acid groups (broad SMARTS) is 1. The highest BCUT2D eigenvalue weighted by Crippen LogP contribution is 2.44. The van der Waals surface area contributed by atoms with Gasteiger partial charge >= 0.3 is 12.1 Å². The minimum atomic E-state index is -1.13. The Labute approximate surface area is 199 Å². The fourth-order valence-electron chi connectivity index (χ4n) is 4.25. The fourth-order valence-corrected chi connectivity index (χ4v) is 4.25. The number of methoxy groups -OCH3 is 1. The maximum absolute atomic E-state index is 12.8. The first-order valence-corrected chi connectivity index (χ1v) is 11.4. The average Bonchev–Trinajstić information content (AvgIpc) is 3.13. The number of benzene rings is 2. The summed E-state index contributed by atoms with van der Waals surface area (Å²) in [6.07, 6.45) is -1.21. The Bertz CT molecular complexity index is 992. The van der Waals surface area contributed by atoms with Gasteiger partial charge in [0.1, 0.15) is 18.7 Å². The number of alkyl carbamates (subject to hydrolysis) is 1. The van der Waals surface area contributed by atoms with Gasteiger partial charge in [0.15, 0.2) is 0 Å². The van der Waals surface area contributed by atoms with E-state index in [2.05, 4.69) is 10.6 Å². The molecular formula is C26H32N2O6. The molecule has 0 bridgehead atoms. The van der Waals surface area contributed by atoms with Gasteiger partial charge in [0.25, 0.3) is 0 Å². The van der Waals surface area contributed by atoms with Crippen LogP contribution in [-0.2, 0) is 19.1 Å². The zero-order valence-electron chi connectivity index (χ0n) is 19.9. The summed E-state index contributed by atoms with van der Waals surface area (Å²) in [5.41, 5.74) is 4.38. The van der Waals surface area contributed by atoms with Gasteiger partial charge in [0.05, 0.1) is 6.10 Å². The molecule has 0 radical (unpaired) electrons. The van der Waals surface area contributed by atoms with E-state index in [0.29, 0.717) is 0 Å². The molecule has 0 fully saturated rings. The molecule has 0 aromatic heterocycles. The number of carboxylic acids is 1. The number of rotatable bonds is 10. The van der Waals surface area contributed by atoms with Gasteiger partial charge in [-0.3, -0.25) is 4.79 Å². The van der Waals surface area contributed by atoms with Gasteiger partial charge in [-0.25, -0.2) is 9.59 Å². The Morgan fingerprint density at radius 1 is 0.941 bits per heavy atom. The Morgan fingerprint density at radius 3 is 2.00 bits per heavy atom. The van der Waals surface area contributed by atoms with E-state index in [1.54, 1.807) is 6.92 Å². The van der Waals surface area contributed by atoms with Gasteiger partial charge in [0, 0.05) is 13.0 Å². The molecule has 0 saturated carbocycles. The molecule has 34 heavy (non-hydrogen) atoms. The summed E-state index contributed by atoms with van der Waals surface area (Å²) in [5, 5.41) is 14.5. The lowest BCUT2D eigenvalue weighted by molar-refractivity contribution is -0.143. The number of carbonyl (C=O) groups excluding carboxylic acids is 2. The second-order valence-corrected chi connectivity index (χ2v) is 8.92. The van der Waals surface area contributed by atoms with Crippen LogP contribution in [0.2, 0.25) is 0 Å². The average molecular weight is 469 g/mol. The molecule has 3 rings (SSSR count). The van der Waals surface area contributed by atoms with Crippen LogP contribution in [0.5, 0.6) is 0 Å². The highest BCUT2D eigenvalue weighted by molar-refractivity contribution is 5.89. The van der Waals surface area contributed by atoms with Crippen molar-refractivity contribution in [2.24, 2.45) is 5.92 Å². The maximum atomic E-state index is 12.8. The molecular weight excluding hydrogens is 436 g/mol. The second kappa shape index (κ2) is 11.2. The van der Waals surface area contributed by atoms with Crippen LogP contribution in [-0.4, -0.2) is 55.0 Å². The van der Waals surface area contributed by atoms with Crippen LogP contribution in [0, 0.1) is 5.92 Å². The van der Waals surface area contributed by atoms with Crippen molar-refractivity contribution in [3.63, 3.8) is 0 Å². The summed E-state index contributed by atoms with van der Waals surface area (Å²) in [4.78, 5) is 37.1. The molecule has 0 spiro atoms. The number of fused-ring (bicyclic) bond motifs is 3. The van der Waals surface area contributed by atoms with E-state index in [9.17, 15) is 19.5 Å². The van der Waals surface area contributed by atoms with Crippen molar-refractivity contribution in [2.45, 2.75) is 51.3 Å². The number of carbonyl (C=O) groups is 3. The van der Waals surface area contributed by atoms with Crippen LogP contribution in [0.3, 0.4) is 0 Å². The third kappa shape index (κ3) is 5.75. The molecule has 1 unspecified atom stereocenters. The van der Waals surface area contributed by atoms with E-state index in [4.69, 9.17) is 9.47 Å². The summed E-state index contributed by atoms with van der Waals surface area (Å²) in [6, 6.07) is 13.8. The van der Waals surface area contributed by atoms with E-state index >= 15 is 0 Å². The Kier molecular flexibility index (Phi) is 8.28. The van der Waals surface area contributed by atoms with Crippen LogP contribution >= 0.6 is 0 Å². The Hall–Kier alpha value is -3.39. The molecule has 182 valence electrons. The Balaban J connectivity index is 1.68. The first-order valence-electron chi connectivity index (χ1n) is 11.4. The lowest BCUT2D eigenvalue weighted by atomic mass is 9.98. The number of aliphatic carboxylic acids is 1. The fraction of sp³-hybridized carbons (Fsp3) is 0.423. The lowest BCUT2D eigenvalue weighted by Crippen LogP contribution is -2.56. The SMILES string of the molecule is CO[C@H](C)[C@H](NC(=O)OCC1c2ccccc2-c2ccccc21)C(=O)NC(CC(C)C)C(=O)O. The molecule has 1 aliphatic rings. The first kappa shape index (κ1) is 25.2. The molecule has 3 N–H and O–H groups in total. The van der Waals surface area contributed by atoms with Crippen LogP contribution in [0.25, 0.3) is 11.1 Å². The third-order valence-corrected chi connectivity index (χ3v) is 6.06. The summed E-state index contributed by atoms with van der Waals surface area (Å²) >= 11 is 0. The molecule has 0 heterocycles. The standard InChI is InChI=1S/C26H32N2O6/c1-15(2)13-22(25(30)31)27-24(29)23(16(3)33-4)28-26(32)34-14-21-19-11-7-5-9-17(19)18-10-6-8-12-20(18)21/h5-12,15-16,21-23H,13-14H2,1-4H3,(H,27,29)(H,28,32)(H,30,31)/t16-,22?,23+/m1/s1. The zero-order chi connectivity index (χ0) is 24.8. The monoisotopic (exact) mass is 468 g/mol. The number of amides is 2. The summed E-state index contributed by atoms with van der Waals surface area (Å²) < 4.78 is 10.8. The zero-order valence-corrected chi connectivity index (χ0v) is 19.9. The summed E-state index contributed by atoms with van der Waals surface area (Å²) in [6.45, 7) is 5.45. The Morgan fingerprint density at radius 2 is 1.50 bits per heavy atom. The van der Waals surface area contributed by atoms with Crippen molar-refractivity contribution in [1.29, 1.82) is 0 Å². The molecule has 2 amide bonds. The van der Waals surface area contributed by atoms with Crippen molar-refractivity contribution in [2.75, 3.05) is 13.7 Å². The van der Waals surface area contributed by atoms with Gasteiger partial charge in [0.2, 0.25) is 5.91 Å². The van der Waals surface area contributed by atoms with Crippen molar-refractivity contribution in [3.05, 3.63) is 59.7 Å². The second-order valence-electron chi connectivity index (χ2n) is 8.92. The summed E-state index contributed by atoms with van der Waals surface area (Å²) in [5.74, 6) is -1.83. The largest absolute Gasteiger partial charge is 0.480 e. The minimum absolute atomic E-state index is 0.0646. The van der Waals surface area contributed by atoms with Crippen molar-refractivity contribution in [1.82, 2.24) is 10.6 Å².